The number of aryl methyl sites for hydroxylation is 1. The molecular weight excluding hydrogens is 264 g/mol. The molecule has 2 nitrogen and oxygen atoms in total. The second-order valence-electron chi connectivity index (χ2n) is 4.82. The van der Waals surface area contributed by atoms with Crippen molar-refractivity contribution in [1.29, 1.82) is 0 Å². The Balaban J connectivity index is 2.09. The highest BCUT2D eigenvalue weighted by Crippen LogP contribution is 2.35. The zero-order valence-corrected chi connectivity index (χ0v) is 12.0. The van der Waals surface area contributed by atoms with Gasteiger partial charge in [0, 0.05) is 5.69 Å². The van der Waals surface area contributed by atoms with Gasteiger partial charge in [0.2, 0.25) is 0 Å². The smallest absolute Gasteiger partial charge is 0.195 e. The third-order valence-corrected chi connectivity index (χ3v) is 4.76. The molecule has 20 heavy (non-hydrogen) atoms. The van der Waals surface area contributed by atoms with Gasteiger partial charge in [0.1, 0.15) is 0 Å². The quantitative estimate of drug-likeness (QED) is 0.516. The lowest BCUT2D eigenvalue weighted by Crippen LogP contribution is -1.91. The Morgan fingerprint density at radius 3 is 2.55 bits per heavy atom. The largest absolute Gasteiger partial charge is 0.287 e. The second kappa shape index (κ2) is 4.46. The normalized spacial score (nSPS) is 11.4. The van der Waals surface area contributed by atoms with E-state index in [1.54, 1.807) is 11.3 Å². The third kappa shape index (κ3) is 1.60. The van der Waals surface area contributed by atoms with Crippen LogP contribution in [0, 0.1) is 0 Å². The molecule has 98 valence electrons. The summed E-state index contributed by atoms with van der Waals surface area (Å²) in [6.07, 6.45) is 1.00. The molecule has 2 aromatic heterocycles. The van der Waals surface area contributed by atoms with E-state index in [0.29, 0.717) is 0 Å². The van der Waals surface area contributed by atoms with Gasteiger partial charge in [0.25, 0.3) is 0 Å². The van der Waals surface area contributed by atoms with E-state index >= 15 is 0 Å². The van der Waals surface area contributed by atoms with Crippen LogP contribution in [0.1, 0.15) is 12.6 Å². The molecule has 0 unspecified atom stereocenters. The number of benzene rings is 2. The van der Waals surface area contributed by atoms with Crippen molar-refractivity contribution in [2.45, 2.75) is 13.3 Å². The second-order valence-corrected chi connectivity index (χ2v) is 5.79. The highest BCUT2D eigenvalue weighted by Gasteiger charge is 2.16. The maximum atomic E-state index is 4.75. The van der Waals surface area contributed by atoms with Crippen LogP contribution < -0.4 is 0 Å². The number of thiazole rings is 1. The first-order chi connectivity index (χ1) is 9.88. The molecule has 0 aliphatic heterocycles. The third-order valence-electron chi connectivity index (χ3n) is 3.63. The highest BCUT2D eigenvalue weighted by atomic mass is 32.1. The van der Waals surface area contributed by atoms with E-state index in [4.69, 9.17) is 4.98 Å². The lowest BCUT2D eigenvalue weighted by Gasteiger charge is -2.02. The molecule has 0 atom stereocenters. The summed E-state index contributed by atoms with van der Waals surface area (Å²) >= 11 is 1.78. The summed E-state index contributed by atoms with van der Waals surface area (Å²) in [6.45, 7) is 2.21. The lowest BCUT2D eigenvalue weighted by molar-refractivity contribution is 1.03. The molecule has 2 aromatic carbocycles. The molecule has 0 aliphatic carbocycles. The summed E-state index contributed by atoms with van der Waals surface area (Å²) in [7, 11) is 0. The molecule has 3 heteroatoms. The van der Waals surface area contributed by atoms with E-state index in [-0.39, 0.29) is 0 Å². The van der Waals surface area contributed by atoms with Crippen LogP contribution >= 0.6 is 11.3 Å². The van der Waals surface area contributed by atoms with Gasteiger partial charge in [0.15, 0.2) is 4.96 Å². The number of imidazole rings is 1. The molecule has 0 saturated heterocycles. The number of rotatable bonds is 2. The van der Waals surface area contributed by atoms with Crippen molar-refractivity contribution in [3.8, 4) is 10.4 Å². The van der Waals surface area contributed by atoms with Gasteiger partial charge in [-0.15, -0.1) is 0 Å². The van der Waals surface area contributed by atoms with Gasteiger partial charge in [-0.1, -0.05) is 60.7 Å². The predicted octanol–water partition coefficient (Wildman–Crippen LogP) is 4.78. The van der Waals surface area contributed by atoms with Gasteiger partial charge in [-0.25, -0.2) is 4.98 Å². The maximum Gasteiger partial charge on any atom is 0.195 e. The van der Waals surface area contributed by atoms with Crippen LogP contribution in [0.2, 0.25) is 0 Å². The number of hydrogen-bond acceptors (Lipinski definition) is 2. The van der Waals surface area contributed by atoms with E-state index in [9.17, 15) is 0 Å². The van der Waals surface area contributed by atoms with Gasteiger partial charge >= 0.3 is 0 Å². The van der Waals surface area contributed by atoms with Crippen molar-refractivity contribution in [1.82, 2.24) is 9.38 Å². The highest BCUT2D eigenvalue weighted by molar-refractivity contribution is 7.20. The number of para-hydroxylation sites is 2. The minimum atomic E-state index is 1.00. The first-order valence-corrected chi connectivity index (χ1v) is 7.64. The van der Waals surface area contributed by atoms with E-state index in [1.807, 2.05) is 6.07 Å². The number of fused-ring (bicyclic) bond motifs is 3. The van der Waals surface area contributed by atoms with Crippen molar-refractivity contribution in [3.05, 3.63) is 60.3 Å². The SMILES string of the molecule is CCc1c(-c2ccccc2)sc2nc3ccccc3n12. The summed E-state index contributed by atoms with van der Waals surface area (Å²) in [6, 6.07) is 18.9. The van der Waals surface area contributed by atoms with E-state index in [2.05, 4.69) is 59.9 Å². The number of hydrogen-bond donors (Lipinski definition) is 0. The van der Waals surface area contributed by atoms with Crippen LogP contribution in [0.4, 0.5) is 0 Å². The average Bonchev–Trinajstić information content (AvgIpc) is 3.03. The Hall–Kier alpha value is -2.13. The van der Waals surface area contributed by atoms with Crippen molar-refractivity contribution in [3.63, 3.8) is 0 Å². The fourth-order valence-corrected chi connectivity index (χ4v) is 3.95. The molecule has 0 aliphatic rings. The van der Waals surface area contributed by atoms with Gasteiger partial charge in [-0.05, 0) is 24.1 Å². The molecule has 0 fully saturated rings. The predicted molar refractivity (Wildman–Crippen MR) is 85.4 cm³/mol. The van der Waals surface area contributed by atoms with Gasteiger partial charge in [0.05, 0.1) is 15.9 Å². The fourth-order valence-electron chi connectivity index (χ4n) is 2.72. The molecule has 0 radical (unpaired) electrons. The first kappa shape index (κ1) is 11.7. The minimum Gasteiger partial charge on any atom is -0.287 e. The minimum absolute atomic E-state index is 1.00. The lowest BCUT2D eigenvalue weighted by atomic mass is 10.1. The van der Waals surface area contributed by atoms with E-state index < -0.39 is 0 Å². The van der Waals surface area contributed by atoms with Crippen LogP contribution in [-0.4, -0.2) is 9.38 Å². The molecule has 0 N–H and O–H groups in total. The Morgan fingerprint density at radius 2 is 1.75 bits per heavy atom. The molecule has 4 aromatic rings. The molecule has 0 bridgehead atoms. The monoisotopic (exact) mass is 278 g/mol. The molecule has 0 amide bonds. The van der Waals surface area contributed by atoms with E-state index in [0.717, 1.165) is 16.9 Å². The molecular formula is C17H14N2S. The van der Waals surface area contributed by atoms with Crippen molar-refractivity contribution in [2.75, 3.05) is 0 Å². The standard InChI is InChI=1S/C17H14N2S/c1-2-14-16(12-8-4-3-5-9-12)20-17-18-13-10-6-7-11-15(13)19(14)17/h3-11H,2H2,1H3. The van der Waals surface area contributed by atoms with Crippen LogP contribution in [-0.2, 0) is 6.42 Å². The van der Waals surface area contributed by atoms with E-state index in [1.165, 1.54) is 21.7 Å². The van der Waals surface area contributed by atoms with Gasteiger partial charge in [-0.2, -0.15) is 0 Å². The van der Waals surface area contributed by atoms with Crippen molar-refractivity contribution < 1.29 is 0 Å². The van der Waals surface area contributed by atoms with Gasteiger partial charge in [-0.3, -0.25) is 4.40 Å². The topological polar surface area (TPSA) is 17.3 Å². The Labute approximate surface area is 121 Å². The van der Waals surface area contributed by atoms with Crippen LogP contribution in [0.5, 0.6) is 0 Å². The number of nitrogens with zero attached hydrogens (tertiary/aromatic N) is 2. The molecule has 4 rings (SSSR count). The summed E-state index contributed by atoms with van der Waals surface area (Å²) in [4.78, 5) is 7.17. The summed E-state index contributed by atoms with van der Waals surface area (Å²) < 4.78 is 2.31. The Kier molecular flexibility index (Phi) is 2.60. The van der Waals surface area contributed by atoms with Crippen LogP contribution in [0.25, 0.3) is 26.4 Å². The zero-order valence-electron chi connectivity index (χ0n) is 11.2. The fraction of sp³-hybridized carbons (Fsp3) is 0.118. The summed E-state index contributed by atoms with van der Waals surface area (Å²) in [5.74, 6) is 0. The Bertz CT molecular complexity index is 887. The average molecular weight is 278 g/mol. The summed E-state index contributed by atoms with van der Waals surface area (Å²) in [5.41, 5.74) is 4.92. The van der Waals surface area contributed by atoms with Crippen LogP contribution in [0.3, 0.4) is 0 Å². The summed E-state index contributed by atoms with van der Waals surface area (Å²) in [5, 5.41) is 0. The van der Waals surface area contributed by atoms with Crippen molar-refractivity contribution in [2.24, 2.45) is 0 Å². The maximum absolute atomic E-state index is 4.75. The number of aromatic nitrogens is 2. The molecule has 2 heterocycles. The van der Waals surface area contributed by atoms with Crippen molar-refractivity contribution >= 4 is 27.3 Å². The molecule has 0 spiro atoms. The molecule has 0 saturated carbocycles. The zero-order chi connectivity index (χ0) is 13.5. The van der Waals surface area contributed by atoms with Crippen LogP contribution in [0.15, 0.2) is 54.6 Å². The van der Waals surface area contributed by atoms with Gasteiger partial charge < -0.3 is 0 Å². The first-order valence-electron chi connectivity index (χ1n) is 6.82. The Morgan fingerprint density at radius 1 is 1.00 bits per heavy atom.